The van der Waals surface area contributed by atoms with Crippen LogP contribution in [0, 0.1) is 0 Å². The predicted octanol–water partition coefficient (Wildman–Crippen LogP) is 0.663. The quantitative estimate of drug-likeness (QED) is 0.636. The summed E-state index contributed by atoms with van der Waals surface area (Å²) in [7, 11) is 0. The van der Waals surface area contributed by atoms with Gasteiger partial charge in [-0.2, -0.15) is 4.98 Å². The Morgan fingerprint density at radius 1 is 1.21 bits per heavy atom. The smallest absolute Gasteiger partial charge is 0.248 e. The number of aromatic nitrogens is 4. The number of carbonyl (C=O) groups is 2. The molecule has 142 valence electrons. The van der Waals surface area contributed by atoms with Gasteiger partial charge in [0.1, 0.15) is 5.69 Å². The number of anilines is 1. The Morgan fingerprint density at radius 3 is 2.68 bits per heavy atom. The van der Waals surface area contributed by atoms with Gasteiger partial charge in [0.05, 0.1) is 18.7 Å². The van der Waals surface area contributed by atoms with Crippen molar-refractivity contribution in [2.75, 3.05) is 25.0 Å². The van der Waals surface area contributed by atoms with Gasteiger partial charge in [0.25, 0.3) is 0 Å². The molecule has 1 saturated heterocycles. The molecule has 4 rings (SSSR count). The van der Waals surface area contributed by atoms with Gasteiger partial charge in [0, 0.05) is 36.7 Å². The third-order valence-corrected chi connectivity index (χ3v) is 4.36. The molecule has 1 aliphatic rings. The van der Waals surface area contributed by atoms with Crippen LogP contribution in [0.1, 0.15) is 22.2 Å². The number of carbonyl (C=O) groups excluding carboxylic acids is 2. The minimum atomic E-state index is -0.506. The van der Waals surface area contributed by atoms with Crippen LogP contribution in [0.5, 0.6) is 0 Å². The zero-order chi connectivity index (χ0) is 19.5. The van der Waals surface area contributed by atoms with Crippen LogP contribution in [0.3, 0.4) is 0 Å². The maximum absolute atomic E-state index is 12.2. The van der Waals surface area contributed by atoms with E-state index in [0.717, 1.165) is 0 Å². The summed E-state index contributed by atoms with van der Waals surface area (Å²) in [4.78, 5) is 37.7. The Kier molecular flexibility index (Phi) is 4.77. The van der Waals surface area contributed by atoms with Crippen molar-refractivity contribution in [2.45, 2.75) is 5.92 Å². The molecule has 1 fully saturated rings. The molecule has 0 radical (unpaired) electrons. The first-order valence-electron chi connectivity index (χ1n) is 8.60. The highest BCUT2D eigenvalue weighted by atomic mass is 16.5. The van der Waals surface area contributed by atoms with Crippen molar-refractivity contribution in [2.24, 2.45) is 5.73 Å². The topological polar surface area (TPSA) is 140 Å². The molecule has 2 aromatic heterocycles. The van der Waals surface area contributed by atoms with Gasteiger partial charge in [0.2, 0.25) is 23.5 Å². The molecule has 0 bridgehead atoms. The van der Waals surface area contributed by atoms with E-state index in [1.54, 1.807) is 42.9 Å². The fourth-order valence-corrected chi connectivity index (χ4v) is 2.90. The van der Waals surface area contributed by atoms with Gasteiger partial charge in [0.15, 0.2) is 0 Å². The van der Waals surface area contributed by atoms with Crippen molar-refractivity contribution in [1.82, 2.24) is 25.0 Å². The van der Waals surface area contributed by atoms with E-state index in [2.05, 4.69) is 25.4 Å². The molecule has 10 nitrogen and oxygen atoms in total. The van der Waals surface area contributed by atoms with E-state index in [9.17, 15) is 9.59 Å². The molecule has 10 heteroatoms. The maximum atomic E-state index is 12.2. The molecule has 0 saturated carbocycles. The summed E-state index contributed by atoms with van der Waals surface area (Å²) >= 11 is 0. The fourth-order valence-electron chi connectivity index (χ4n) is 2.90. The standard InChI is InChI=1S/C18H17N7O3/c19-16(27)11-1-3-13(4-2-11)22-15(26)10-25-8-12(9-25)18-23-17(24-28-18)14-7-20-5-6-21-14/h1-7,12H,8-10H2,(H2,19,27)(H,22,26). The van der Waals surface area contributed by atoms with Gasteiger partial charge in [-0.1, -0.05) is 5.16 Å². The highest BCUT2D eigenvalue weighted by molar-refractivity contribution is 5.95. The Bertz CT molecular complexity index is 982. The Hall–Kier alpha value is -3.66. The van der Waals surface area contributed by atoms with Crippen LogP contribution in [0.15, 0.2) is 47.4 Å². The monoisotopic (exact) mass is 379 g/mol. The van der Waals surface area contributed by atoms with Crippen molar-refractivity contribution in [3.8, 4) is 11.5 Å². The molecule has 0 atom stereocenters. The summed E-state index contributed by atoms with van der Waals surface area (Å²) in [5, 5.41) is 6.72. The molecular formula is C18H17N7O3. The number of amides is 2. The fraction of sp³-hybridized carbons (Fsp3) is 0.222. The number of hydrogen-bond acceptors (Lipinski definition) is 8. The SMILES string of the molecule is NC(=O)c1ccc(NC(=O)CN2CC(c3nc(-c4cnccn4)no3)C2)cc1. The molecule has 3 heterocycles. The second-order valence-electron chi connectivity index (χ2n) is 6.43. The number of nitrogens with zero attached hydrogens (tertiary/aromatic N) is 5. The van der Waals surface area contributed by atoms with Crippen LogP contribution in [0.2, 0.25) is 0 Å². The number of likely N-dealkylation sites (tertiary alicyclic amines) is 1. The summed E-state index contributed by atoms with van der Waals surface area (Å²) in [5.74, 6) is 0.364. The van der Waals surface area contributed by atoms with Crippen LogP contribution in [-0.2, 0) is 4.79 Å². The van der Waals surface area contributed by atoms with E-state index in [0.29, 0.717) is 41.7 Å². The Morgan fingerprint density at radius 2 is 2.00 bits per heavy atom. The van der Waals surface area contributed by atoms with Crippen molar-refractivity contribution in [1.29, 1.82) is 0 Å². The normalized spacial score (nSPS) is 14.4. The Labute approximate surface area is 159 Å². The second kappa shape index (κ2) is 7.53. The third-order valence-electron chi connectivity index (χ3n) is 4.36. The second-order valence-corrected chi connectivity index (χ2v) is 6.43. The molecule has 3 N–H and O–H groups in total. The molecule has 0 spiro atoms. The minimum absolute atomic E-state index is 0.0839. The first-order valence-corrected chi connectivity index (χ1v) is 8.60. The molecule has 0 unspecified atom stereocenters. The van der Waals surface area contributed by atoms with E-state index >= 15 is 0 Å². The van der Waals surface area contributed by atoms with E-state index in [1.165, 1.54) is 0 Å². The van der Waals surface area contributed by atoms with E-state index in [-0.39, 0.29) is 18.4 Å². The summed E-state index contributed by atoms with van der Waals surface area (Å²) in [5.41, 5.74) is 6.75. The number of nitrogens with one attached hydrogen (secondary N) is 1. The van der Waals surface area contributed by atoms with Gasteiger partial charge < -0.3 is 15.6 Å². The van der Waals surface area contributed by atoms with Gasteiger partial charge in [-0.15, -0.1) is 0 Å². The molecular weight excluding hydrogens is 362 g/mol. The third kappa shape index (κ3) is 3.86. The summed E-state index contributed by atoms with van der Waals surface area (Å²) < 4.78 is 5.31. The lowest BCUT2D eigenvalue weighted by atomic mass is 10.0. The van der Waals surface area contributed by atoms with Crippen LogP contribution in [-0.4, -0.2) is 56.5 Å². The number of benzene rings is 1. The van der Waals surface area contributed by atoms with Crippen LogP contribution < -0.4 is 11.1 Å². The van der Waals surface area contributed by atoms with E-state index in [4.69, 9.17) is 10.3 Å². The predicted molar refractivity (Wildman–Crippen MR) is 98.1 cm³/mol. The lowest BCUT2D eigenvalue weighted by Crippen LogP contribution is -2.48. The average Bonchev–Trinajstić information content (AvgIpc) is 3.15. The first kappa shape index (κ1) is 17.7. The van der Waals surface area contributed by atoms with Gasteiger partial charge in [-0.05, 0) is 24.3 Å². The number of hydrogen-bond donors (Lipinski definition) is 2. The average molecular weight is 379 g/mol. The van der Waals surface area contributed by atoms with Crippen molar-refractivity contribution >= 4 is 17.5 Å². The van der Waals surface area contributed by atoms with Gasteiger partial charge in [-0.25, -0.2) is 4.98 Å². The first-order chi connectivity index (χ1) is 13.6. The van der Waals surface area contributed by atoms with Crippen molar-refractivity contribution in [3.05, 3.63) is 54.3 Å². The molecule has 28 heavy (non-hydrogen) atoms. The van der Waals surface area contributed by atoms with Crippen LogP contribution in [0.4, 0.5) is 5.69 Å². The summed E-state index contributed by atoms with van der Waals surface area (Å²) in [6, 6.07) is 6.43. The molecule has 1 aliphatic heterocycles. The van der Waals surface area contributed by atoms with Crippen molar-refractivity contribution < 1.29 is 14.1 Å². The summed E-state index contributed by atoms with van der Waals surface area (Å²) in [6.45, 7) is 1.55. The summed E-state index contributed by atoms with van der Waals surface area (Å²) in [6.07, 6.45) is 4.71. The number of rotatable bonds is 6. The van der Waals surface area contributed by atoms with Crippen molar-refractivity contribution in [3.63, 3.8) is 0 Å². The molecule has 3 aromatic rings. The molecule has 2 amide bonds. The lowest BCUT2D eigenvalue weighted by molar-refractivity contribution is -0.118. The zero-order valence-corrected chi connectivity index (χ0v) is 14.8. The highest BCUT2D eigenvalue weighted by Gasteiger charge is 2.33. The Balaban J connectivity index is 1.27. The molecule has 1 aromatic carbocycles. The van der Waals surface area contributed by atoms with E-state index in [1.807, 2.05) is 4.90 Å². The lowest BCUT2D eigenvalue weighted by Gasteiger charge is -2.36. The maximum Gasteiger partial charge on any atom is 0.248 e. The van der Waals surface area contributed by atoms with E-state index < -0.39 is 5.91 Å². The number of primary amides is 1. The van der Waals surface area contributed by atoms with Gasteiger partial charge in [-0.3, -0.25) is 19.5 Å². The number of nitrogens with two attached hydrogens (primary N) is 1. The highest BCUT2D eigenvalue weighted by Crippen LogP contribution is 2.26. The van der Waals surface area contributed by atoms with Crippen LogP contribution >= 0.6 is 0 Å². The largest absolute Gasteiger partial charge is 0.366 e. The molecule has 0 aliphatic carbocycles. The zero-order valence-electron chi connectivity index (χ0n) is 14.8. The minimum Gasteiger partial charge on any atom is -0.366 e. The van der Waals surface area contributed by atoms with Crippen LogP contribution in [0.25, 0.3) is 11.5 Å². The van der Waals surface area contributed by atoms with Gasteiger partial charge >= 0.3 is 0 Å².